The molecule has 0 bridgehead atoms. The van der Waals surface area contributed by atoms with Gasteiger partial charge >= 0.3 is 0 Å². The fraction of sp³-hybridized carbons (Fsp3) is 0.579. The van der Waals surface area contributed by atoms with Crippen molar-refractivity contribution in [2.75, 3.05) is 37.8 Å². The van der Waals surface area contributed by atoms with Crippen molar-refractivity contribution < 1.29 is 27.5 Å². The van der Waals surface area contributed by atoms with Gasteiger partial charge in [0.15, 0.2) is 21.3 Å². The Morgan fingerprint density at radius 3 is 2.36 bits per heavy atom. The predicted molar refractivity (Wildman–Crippen MR) is 105 cm³/mol. The smallest absolute Gasteiger partial charge is 0.244 e. The summed E-state index contributed by atoms with van der Waals surface area (Å²) in [4.78, 5) is 25.9. The molecule has 1 unspecified atom stereocenters. The molecule has 1 N–H and O–H groups in total. The number of hydrogen-bond acceptors (Lipinski definition) is 6. The molecule has 1 aliphatic heterocycles. The normalized spacial score (nSPS) is 16.9. The molecule has 1 heterocycles. The van der Waals surface area contributed by atoms with Crippen molar-refractivity contribution in [1.82, 2.24) is 10.2 Å². The van der Waals surface area contributed by atoms with Crippen LogP contribution in [0.3, 0.4) is 0 Å². The standard InChI is InChI=1S/C19H28N2O6S/c1-3-26-16-7-4-5-8-17(16)27-12-6-9-18(22)20-15(2)19(23)21-10-13-28(24,25)14-11-21/h4-5,7-8,15H,3,6,9-14H2,1-2H3,(H,20,22). The van der Waals surface area contributed by atoms with Crippen molar-refractivity contribution in [1.29, 1.82) is 0 Å². The summed E-state index contributed by atoms with van der Waals surface area (Å²) in [7, 11) is -3.05. The van der Waals surface area contributed by atoms with Crippen LogP contribution in [0.2, 0.25) is 0 Å². The van der Waals surface area contributed by atoms with E-state index >= 15 is 0 Å². The molecule has 0 radical (unpaired) electrons. The van der Waals surface area contributed by atoms with Gasteiger partial charge in [-0.15, -0.1) is 0 Å². The highest BCUT2D eigenvalue weighted by atomic mass is 32.2. The summed E-state index contributed by atoms with van der Waals surface area (Å²) in [5.74, 6) is 0.739. The van der Waals surface area contributed by atoms with E-state index in [4.69, 9.17) is 9.47 Å². The van der Waals surface area contributed by atoms with E-state index in [1.165, 1.54) is 4.90 Å². The molecule has 156 valence electrons. The van der Waals surface area contributed by atoms with Crippen LogP contribution in [0.15, 0.2) is 24.3 Å². The maximum atomic E-state index is 12.3. The van der Waals surface area contributed by atoms with Crippen molar-refractivity contribution >= 4 is 21.7 Å². The zero-order valence-corrected chi connectivity index (χ0v) is 17.2. The van der Waals surface area contributed by atoms with Gasteiger partial charge in [0.1, 0.15) is 6.04 Å². The Morgan fingerprint density at radius 1 is 1.14 bits per heavy atom. The first-order valence-corrected chi connectivity index (χ1v) is 11.3. The van der Waals surface area contributed by atoms with Gasteiger partial charge in [0.05, 0.1) is 24.7 Å². The summed E-state index contributed by atoms with van der Waals surface area (Å²) in [5, 5.41) is 2.67. The van der Waals surface area contributed by atoms with E-state index in [2.05, 4.69) is 5.32 Å². The number of para-hydroxylation sites is 2. The molecular weight excluding hydrogens is 384 g/mol. The first-order chi connectivity index (χ1) is 13.3. The molecule has 2 amide bonds. The average Bonchev–Trinajstić information content (AvgIpc) is 2.66. The number of nitrogens with zero attached hydrogens (tertiary/aromatic N) is 1. The first-order valence-electron chi connectivity index (χ1n) is 9.45. The maximum Gasteiger partial charge on any atom is 0.244 e. The summed E-state index contributed by atoms with van der Waals surface area (Å²) in [6.07, 6.45) is 0.720. The molecule has 1 saturated heterocycles. The third-order valence-electron chi connectivity index (χ3n) is 4.36. The maximum absolute atomic E-state index is 12.3. The fourth-order valence-electron chi connectivity index (χ4n) is 2.84. The number of nitrogens with one attached hydrogen (secondary N) is 1. The molecule has 0 aromatic heterocycles. The van der Waals surface area contributed by atoms with E-state index in [0.717, 1.165) is 0 Å². The van der Waals surface area contributed by atoms with E-state index in [1.807, 2.05) is 31.2 Å². The van der Waals surface area contributed by atoms with E-state index in [0.29, 0.717) is 31.1 Å². The minimum atomic E-state index is -3.05. The van der Waals surface area contributed by atoms with Crippen LogP contribution in [0.4, 0.5) is 0 Å². The van der Waals surface area contributed by atoms with Crippen LogP contribution in [-0.2, 0) is 19.4 Å². The van der Waals surface area contributed by atoms with Crippen LogP contribution in [0.25, 0.3) is 0 Å². The van der Waals surface area contributed by atoms with E-state index in [-0.39, 0.29) is 42.8 Å². The van der Waals surface area contributed by atoms with Crippen molar-refractivity contribution in [3.8, 4) is 11.5 Å². The molecule has 0 saturated carbocycles. The van der Waals surface area contributed by atoms with Crippen molar-refractivity contribution in [2.24, 2.45) is 0 Å². The van der Waals surface area contributed by atoms with Gasteiger partial charge in [-0.2, -0.15) is 0 Å². The highest BCUT2D eigenvalue weighted by Crippen LogP contribution is 2.26. The van der Waals surface area contributed by atoms with Gasteiger partial charge < -0.3 is 19.7 Å². The second-order valence-electron chi connectivity index (χ2n) is 6.60. The summed E-state index contributed by atoms with van der Waals surface area (Å²) < 4.78 is 34.0. The molecule has 0 spiro atoms. The molecule has 1 fully saturated rings. The lowest BCUT2D eigenvalue weighted by molar-refractivity contribution is -0.135. The fourth-order valence-corrected chi connectivity index (χ4v) is 4.04. The summed E-state index contributed by atoms with van der Waals surface area (Å²) in [6.45, 7) is 4.74. The van der Waals surface area contributed by atoms with Gasteiger partial charge in [-0.25, -0.2) is 8.42 Å². The molecule has 1 atom stereocenters. The Hall–Kier alpha value is -2.29. The summed E-state index contributed by atoms with van der Waals surface area (Å²) >= 11 is 0. The molecule has 8 nitrogen and oxygen atoms in total. The Labute approximate surface area is 166 Å². The second-order valence-corrected chi connectivity index (χ2v) is 8.90. The van der Waals surface area contributed by atoms with E-state index in [9.17, 15) is 18.0 Å². The van der Waals surface area contributed by atoms with Gasteiger partial charge in [-0.05, 0) is 32.4 Å². The lowest BCUT2D eigenvalue weighted by Gasteiger charge is -2.29. The number of hydrogen-bond donors (Lipinski definition) is 1. The molecule has 1 aromatic rings. The number of sulfone groups is 1. The highest BCUT2D eigenvalue weighted by Gasteiger charge is 2.28. The highest BCUT2D eigenvalue weighted by molar-refractivity contribution is 7.91. The number of benzene rings is 1. The molecule has 1 aromatic carbocycles. The topological polar surface area (TPSA) is 102 Å². The number of ether oxygens (including phenoxy) is 2. The van der Waals surface area contributed by atoms with Crippen molar-refractivity contribution in [3.63, 3.8) is 0 Å². The Morgan fingerprint density at radius 2 is 1.75 bits per heavy atom. The van der Waals surface area contributed by atoms with Gasteiger partial charge in [0, 0.05) is 19.5 Å². The predicted octanol–water partition coefficient (Wildman–Crippen LogP) is 1.01. The minimum absolute atomic E-state index is 0.0278. The SMILES string of the molecule is CCOc1ccccc1OCCCC(=O)NC(C)C(=O)N1CCS(=O)(=O)CC1. The van der Waals surface area contributed by atoms with Gasteiger partial charge in [-0.3, -0.25) is 9.59 Å². The Balaban J connectivity index is 1.70. The monoisotopic (exact) mass is 412 g/mol. The van der Waals surface area contributed by atoms with Crippen LogP contribution >= 0.6 is 0 Å². The molecule has 2 rings (SSSR count). The minimum Gasteiger partial charge on any atom is -0.490 e. The third kappa shape index (κ3) is 6.70. The zero-order chi connectivity index (χ0) is 20.6. The quantitative estimate of drug-likeness (QED) is 0.607. The Bertz CT molecular complexity index is 766. The van der Waals surface area contributed by atoms with Crippen LogP contribution in [0, 0.1) is 0 Å². The molecular formula is C19H28N2O6S. The number of carbonyl (C=O) groups is 2. The average molecular weight is 413 g/mol. The lowest BCUT2D eigenvalue weighted by Crippen LogP contribution is -2.51. The van der Waals surface area contributed by atoms with Crippen LogP contribution < -0.4 is 14.8 Å². The lowest BCUT2D eigenvalue weighted by atomic mass is 10.2. The largest absolute Gasteiger partial charge is 0.490 e. The number of carbonyl (C=O) groups excluding carboxylic acids is 2. The van der Waals surface area contributed by atoms with Crippen LogP contribution in [0.1, 0.15) is 26.7 Å². The second kappa shape index (κ2) is 10.3. The van der Waals surface area contributed by atoms with Gasteiger partial charge in [-0.1, -0.05) is 12.1 Å². The van der Waals surface area contributed by atoms with E-state index < -0.39 is 15.9 Å². The van der Waals surface area contributed by atoms with Crippen molar-refractivity contribution in [3.05, 3.63) is 24.3 Å². The van der Waals surface area contributed by atoms with Gasteiger partial charge in [0.2, 0.25) is 11.8 Å². The zero-order valence-electron chi connectivity index (χ0n) is 16.3. The van der Waals surface area contributed by atoms with Crippen molar-refractivity contribution in [2.45, 2.75) is 32.7 Å². The molecule has 9 heteroatoms. The first kappa shape index (κ1) is 22.0. The van der Waals surface area contributed by atoms with E-state index in [1.54, 1.807) is 6.92 Å². The summed E-state index contributed by atoms with van der Waals surface area (Å²) in [6, 6.07) is 6.66. The molecule has 28 heavy (non-hydrogen) atoms. The molecule has 1 aliphatic rings. The number of amides is 2. The van der Waals surface area contributed by atoms with Crippen LogP contribution in [0.5, 0.6) is 11.5 Å². The number of rotatable bonds is 9. The van der Waals surface area contributed by atoms with Gasteiger partial charge in [0.25, 0.3) is 0 Å². The Kier molecular flexibility index (Phi) is 8.10. The third-order valence-corrected chi connectivity index (χ3v) is 5.97. The van der Waals surface area contributed by atoms with Crippen LogP contribution in [-0.4, -0.2) is 69.0 Å². The molecule has 0 aliphatic carbocycles. The summed E-state index contributed by atoms with van der Waals surface area (Å²) in [5.41, 5.74) is 0.